The fourth-order valence-corrected chi connectivity index (χ4v) is 3.53. The van der Waals surface area contributed by atoms with Gasteiger partial charge in [-0.05, 0) is 67.5 Å². The first-order valence-corrected chi connectivity index (χ1v) is 10.7. The molecule has 0 aromatic heterocycles. The van der Waals surface area contributed by atoms with Crippen LogP contribution in [0.4, 0.5) is 4.79 Å². The normalized spacial score (nSPS) is 13.1. The van der Waals surface area contributed by atoms with Gasteiger partial charge in [-0.25, -0.2) is 9.59 Å². The number of methoxy groups -OCH3 is 2. The van der Waals surface area contributed by atoms with Crippen LogP contribution in [0.5, 0.6) is 5.75 Å². The van der Waals surface area contributed by atoms with Gasteiger partial charge >= 0.3 is 12.1 Å². The Labute approximate surface area is 191 Å². The number of likely N-dealkylation sites (N-methyl/N-ethyl adjacent to an activating group) is 1. The van der Waals surface area contributed by atoms with E-state index < -0.39 is 35.7 Å². The molecule has 0 saturated heterocycles. The molecule has 0 spiro atoms. The van der Waals surface area contributed by atoms with Crippen molar-refractivity contribution in [3.8, 4) is 5.75 Å². The highest BCUT2D eigenvalue weighted by Crippen LogP contribution is 2.28. The summed E-state index contributed by atoms with van der Waals surface area (Å²) in [6.45, 7) is 7.15. The Morgan fingerprint density at radius 2 is 1.83 bits per heavy atom. The molecule has 0 saturated carbocycles. The smallest absolute Gasteiger partial charge is 0.410 e. The van der Waals surface area contributed by atoms with Crippen LogP contribution in [0.1, 0.15) is 52.1 Å². The van der Waals surface area contributed by atoms with E-state index in [1.54, 1.807) is 46.1 Å². The van der Waals surface area contributed by atoms with Crippen LogP contribution in [-0.4, -0.2) is 55.8 Å². The molecule has 8 nitrogen and oxygen atoms in total. The van der Waals surface area contributed by atoms with E-state index in [2.05, 4.69) is 27.9 Å². The zero-order valence-corrected chi connectivity index (χ0v) is 20.7. The van der Waals surface area contributed by atoms with Crippen LogP contribution in [-0.2, 0) is 19.1 Å². The lowest BCUT2D eigenvalue weighted by Gasteiger charge is -2.31. The SMILES string of the molecule is CCC[C@H](NC(=O)[C@H](c1ccc(OC)c(I)c1)N(C)C(=O)OC(C)(C)C)C(=O)OC. The summed E-state index contributed by atoms with van der Waals surface area (Å²) in [4.78, 5) is 39.2. The molecule has 0 aliphatic rings. The van der Waals surface area contributed by atoms with Crippen LogP contribution in [0.3, 0.4) is 0 Å². The predicted octanol–water partition coefficient (Wildman–Crippen LogP) is 3.67. The van der Waals surface area contributed by atoms with E-state index in [4.69, 9.17) is 14.2 Å². The Morgan fingerprint density at radius 3 is 2.30 bits per heavy atom. The standard InChI is InChI=1S/C21H31IN2O6/c1-8-9-15(19(26)29-7)23-18(25)17(24(5)20(27)30-21(2,3)4)13-10-11-16(28-6)14(22)12-13/h10-12,15,17H,8-9H2,1-7H3,(H,23,25)/t15-,17-/m0/s1. The number of nitrogens with one attached hydrogen (secondary N) is 1. The number of carbonyl (C=O) groups excluding carboxylic acids is 3. The molecule has 0 bridgehead atoms. The molecule has 0 heterocycles. The fourth-order valence-electron chi connectivity index (χ4n) is 2.77. The average molecular weight is 534 g/mol. The van der Waals surface area contributed by atoms with Crippen LogP contribution >= 0.6 is 22.6 Å². The molecular formula is C21H31IN2O6. The van der Waals surface area contributed by atoms with Gasteiger partial charge in [-0.2, -0.15) is 0 Å². The lowest BCUT2D eigenvalue weighted by atomic mass is 10.0. The first kappa shape index (κ1) is 26.0. The molecule has 0 unspecified atom stereocenters. The Hall–Kier alpha value is -2.04. The molecule has 1 aromatic rings. The Bertz CT molecular complexity index is 762. The molecule has 1 aromatic carbocycles. The molecule has 168 valence electrons. The van der Waals surface area contributed by atoms with Crippen molar-refractivity contribution >= 4 is 40.6 Å². The summed E-state index contributed by atoms with van der Waals surface area (Å²) in [7, 11) is 4.32. The lowest BCUT2D eigenvalue weighted by molar-refractivity contribution is -0.146. The molecule has 0 aliphatic heterocycles. The minimum absolute atomic E-state index is 0.418. The van der Waals surface area contributed by atoms with Crippen molar-refractivity contribution in [2.75, 3.05) is 21.3 Å². The van der Waals surface area contributed by atoms with Crippen molar-refractivity contribution in [1.29, 1.82) is 0 Å². The minimum Gasteiger partial charge on any atom is -0.496 e. The number of benzene rings is 1. The summed E-state index contributed by atoms with van der Waals surface area (Å²) in [6.07, 6.45) is 0.438. The van der Waals surface area contributed by atoms with E-state index in [0.717, 1.165) is 3.57 Å². The van der Waals surface area contributed by atoms with Gasteiger partial charge in [0.1, 0.15) is 23.4 Å². The summed E-state index contributed by atoms with van der Waals surface area (Å²) < 4.78 is 16.3. The third kappa shape index (κ3) is 7.33. The van der Waals surface area contributed by atoms with Crippen LogP contribution in [0, 0.1) is 3.57 Å². The van der Waals surface area contributed by atoms with Crippen molar-refractivity contribution in [1.82, 2.24) is 10.2 Å². The number of hydrogen-bond acceptors (Lipinski definition) is 6. The number of nitrogens with zero attached hydrogens (tertiary/aromatic N) is 1. The van der Waals surface area contributed by atoms with Crippen LogP contribution in [0.2, 0.25) is 0 Å². The molecule has 2 amide bonds. The van der Waals surface area contributed by atoms with Crippen molar-refractivity contribution in [2.24, 2.45) is 0 Å². The second-order valence-electron chi connectivity index (χ2n) is 7.76. The number of rotatable bonds is 8. The lowest BCUT2D eigenvalue weighted by Crippen LogP contribution is -2.48. The Morgan fingerprint density at radius 1 is 1.20 bits per heavy atom. The van der Waals surface area contributed by atoms with E-state index >= 15 is 0 Å². The van der Waals surface area contributed by atoms with Crippen LogP contribution in [0.15, 0.2) is 18.2 Å². The van der Waals surface area contributed by atoms with Gasteiger partial charge in [-0.15, -0.1) is 0 Å². The maximum absolute atomic E-state index is 13.2. The number of esters is 1. The summed E-state index contributed by atoms with van der Waals surface area (Å²) in [6, 6.07) is 3.38. The molecule has 30 heavy (non-hydrogen) atoms. The third-order valence-corrected chi connectivity index (χ3v) is 5.03. The summed E-state index contributed by atoms with van der Waals surface area (Å²) in [5.41, 5.74) is -0.163. The van der Waals surface area contributed by atoms with Crippen molar-refractivity contribution in [2.45, 2.75) is 58.2 Å². The quantitative estimate of drug-likeness (QED) is 0.404. The zero-order valence-electron chi connectivity index (χ0n) is 18.6. The molecule has 0 radical (unpaired) electrons. The highest BCUT2D eigenvalue weighted by molar-refractivity contribution is 14.1. The molecule has 0 fully saturated rings. The van der Waals surface area contributed by atoms with Gasteiger partial charge < -0.3 is 19.5 Å². The largest absolute Gasteiger partial charge is 0.496 e. The van der Waals surface area contributed by atoms with Crippen molar-refractivity contribution in [3.63, 3.8) is 0 Å². The van der Waals surface area contributed by atoms with Gasteiger partial charge in [-0.3, -0.25) is 9.69 Å². The van der Waals surface area contributed by atoms with Crippen LogP contribution in [0.25, 0.3) is 0 Å². The topological polar surface area (TPSA) is 94.2 Å². The molecule has 1 rings (SSSR count). The molecule has 9 heteroatoms. The number of hydrogen-bond donors (Lipinski definition) is 1. The Kier molecular flexibility index (Phi) is 9.86. The molecular weight excluding hydrogens is 503 g/mol. The van der Waals surface area contributed by atoms with Gasteiger partial charge in [0.05, 0.1) is 17.8 Å². The van der Waals surface area contributed by atoms with Gasteiger partial charge in [0.25, 0.3) is 0 Å². The third-order valence-electron chi connectivity index (χ3n) is 4.19. The summed E-state index contributed by atoms with van der Waals surface area (Å²) in [5, 5.41) is 2.72. The van der Waals surface area contributed by atoms with Crippen molar-refractivity contribution in [3.05, 3.63) is 27.3 Å². The fraction of sp³-hybridized carbons (Fsp3) is 0.571. The highest BCUT2D eigenvalue weighted by Gasteiger charge is 2.34. The van der Waals surface area contributed by atoms with Gasteiger partial charge in [-0.1, -0.05) is 19.4 Å². The van der Waals surface area contributed by atoms with Crippen LogP contribution < -0.4 is 10.1 Å². The van der Waals surface area contributed by atoms with E-state index in [9.17, 15) is 14.4 Å². The van der Waals surface area contributed by atoms with E-state index in [1.165, 1.54) is 19.1 Å². The highest BCUT2D eigenvalue weighted by atomic mass is 127. The number of ether oxygens (including phenoxy) is 3. The second-order valence-corrected chi connectivity index (χ2v) is 8.92. The maximum atomic E-state index is 13.2. The van der Waals surface area contributed by atoms with E-state index in [0.29, 0.717) is 24.2 Å². The van der Waals surface area contributed by atoms with E-state index in [-0.39, 0.29) is 0 Å². The van der Waals surface area contributed by atoms with Gasteiger partial charge in [0.15, 0.2) is 0 Å². The zero-order chi connectivity index (χ0) is 23.1. The number of carbonyl (C=O) groups is 3. The predicted molar refractivity (Wildman–Crippen MR) is 121 cm³/mol. The van der Waals surface area contributed by atoms with Gasteiger partial charge in [0, 0.05) is 7.05 Å². The van der Waals surface area contributed by atoms with Crippen molar-refractivity contribution < 1.29 is 28.6 Å². The number of halogens is 1. The molecule has 0 aliphatic carbocycles. The van der Waals surface area contributed by atoms with Gasteiger partial charge in [0.2, 0.25) is 5.91 Å². The first-order chi connectivity index (χ1) is 13.9. The summed E-state index contributed by atoms with van der Waals surface area (Å²) in [5.74, 6) is -0.391. The Balaban J connectivity index is 3.31. The van der Waals surface area contributed by atoms with E-state index in [1.807, 2.05) is 6.92 Å². The summed E-state index contributed by atoms with van der Waals surface area (Å²) >= 11 is 2.10. The average Bonchev–Trinajstić information content (AvgIpc) is 2.65. The minimum atomic E-state index is -1.01. The molecule has 1 N–H and O–H groups in total. The number of amides is 2. The first-order valence-electron chi connectivity index (χ1n) is 9.62. The monoisotopic (exact) mass is 534 g/mol. The molecule has 2 atom stereocenters. The maximum Gasteiger partial charge on any atom is 0.410 e. The second kappa shape index (κ2) is 11.4.